The highest BCUT2D eigenvalue weighted by atomic mass is 32.2. The number of nitrogens with two attached hydrogens (primary N) is 1. The molecule has 0 fully saturated rings. The van der Waals surface area contributed by atoms with Gasteiger partial charge in [-0.15, -0.1) is 0 Å². The topological polar surface area (TPSA) is 166 Å². The molecule has 1 aromatic carbocycles. The van der Waals surface area contributed by atoms with Crippen LogP contribution >= 0.6 is 24.4 Å². The molecule has 0 saturated heterocycles. The van der Waals surface area contributed by atoms with E-state index in [9.17, 15) is 24.3 Å². The molecule has 0 bridgehead atoms. The molecule has 0 saturated carbocycles. The van der Waals surface area contributed by atoms with Crippen molar-refractivity contribution in [3.8, 4) is 0 Å². The predicted octanol–water partition coefficient (Wildman–Crippen LogP) is 0.280. The number of thioether (sulfide) groups is 1. The number of benzene rings is 1. The Balaban J connectivity index is 2.16. The average molecular weight is 510 g/mol. The van der Waals surface area contributed by atoms with E-state index in [-0.39, 0.29) is 12.2 Å². The maximum absolute atomic E-state index is 12.9. The monoisotopic (exact) mass is 509 g/mol. The van der Waals surface area contributed by atoms with Crippen LogP contribution in [0.2, 0.25) is 0 Å². The highest BCUT2D eigenvalue weighted by Gasteiger charge is 2.29. The number of amides is 3. The van der Waals surface area contributed by atoms with Crippen LogP contribution in [0.15, 0.2) is 30.5 Å². The van der Waals surface area contributed by atoms with Crippen molar-refractivity contribution >= 4 is 59.0 Å². The number of nitrogens with one attached hydrogen (secondary N) is 4. The molecule has 12 heteroatoms. The Labute approximate surface area is 207 Å². The van der Waals surface area contributed by atoms with E-state index < -0.39 is 47.9 Å². The molecule has 7 N–H and O–H groups in total. The fraction of sp³-hybridized carbons (Fsp3) is 0.455. The van der Waals surface area contributed by atoms with E-state index in [1.165, 1.54) is 6.92 Å². The summed E-state index contributed by atoms with van der Waals surface area (Å²) in [4.78, 5) is 52.5. The Bertz CT molecular complexity index is 1010. The first-order valence-electron chi connectivity index (χ1n) is 10.7. The zero-order valence-electron chi connectivity index (χ0n) is 19.0. The second kappa shape index (κ2) is 13.3. The first-order chi connectivity index (χ1) is 16.2. The van der Waals surface area contributed by atoms with Gasteiger partial charge in [0.05, 0.1) is 6.04 Å². The van der Waals surface area contributed by atoms with Gasteiger partial charge in [-0.3, -0.25) is 14.4 Å². The number of H-pyrrole nitrogens is 1. The molecule has 34 heavy (non-hydrogen) atoms. The maximum atomic E-state index is 12.9. The number of aliphatic carboxylic acids is 1. The van der Waals surface area contributed by atoms with E-state index in [2.05, 4.69) is 33.6 Å². The number of rotatable bonds is 13. The van der Waals surface area contributed by atoms with Gasteiger partial charge >= 0.3 is 5.97 Å². The molecule has 0 aliphatic rings. The first-order valence-corrected chi connectivity index (χ1v) is 12.7. The summed E-state index contributed by atoms with van der Waals surface area (Å²) in [5.41, 5.74) is 7.49. The molecule has 10 nitrogen and oxygen atoms in total. The largest absolute Gasteiger partial charge is 0.480 e. The lowest BCUT2D eigenvalue weighted by molar-refractivity contribution is -0.141. The van der Waals surface area contributed by atoms with Crippen LogP contribution in [0.4, 0.5) is 0 Å². The van der Waals surface area contributed by atoms with Gasteiger partial charge in [0.2, 0.25) is 17.7 Å². The van der Waals surface area contributed by atoms with Gasteiger partial charge < -0.3 is 31.8 Å². The van der Waals surface area contributed by atoms with Crippen LogP contribution in [-0.2, 0) is 25.6 Å². The van der Waals surface area contributed by atoms with Gasteiger partial charge in [0.25, 0.3) is 0 Å². The van der Waals surface area contributed by atoms with Crippen molar-refractivity contribution in [3.63, 3.8) is 0 Å². The summed E-state index contributed by atoms with van der Waals surface area (Å²) in [6, 6.07) is 3.48. The third-order valence-electron chi connectivity index (χ3n) is 5.25. The second-order valence-corrected chi connectivity index (χ2v) is 9.18. The minimum atomic E-state index is -1.24. The van der Waals surface area contributed by atoms with Crippen LogP contribution in [0.3, 0.4) is 0 Å². The number of thiol groups is 1. The Morgan fingerprint density at radius 2 is 1.76 bits per heavy atom. The number of carbonyl (C=O) groups excluding carboxylic acids is 3. The first kappa shape index (κ1) is 27.5. The number of hydrogen-bond acceptors (Lipinski definition) is 7. The Morgan fingerprint density at radius 1 is 1.09 bits per heavy atom. The van der Waals surface area contributed by atoms with Crippen molar-refractivity contribution in [2.45, 2.75) is 43.9 Å². The van der Waals surface area contributed by atoms with Crippen LogP contribution in [0.1, 0.15) is 18.9 Å². The maximum Gasteiger partial charge on any atom is 0.327 e. The van der Waals surface area contributed by atoms with Crippen LogP contribution in [-0.4, -0.2) is 75.7 Å². The zero-order chi connectivity index (χ0) is 25.3. The van der Waals surface area contributed by atoms with Crippen molar-refractivity contribution in [3.05, 3.63) is 36.0 Å². The minimum absolute atomic E-state index is 0.106. The molecule has 4 unspecified atom stereocenters. The fourth-order valence-corrected chi connectivity index (χ4v) is 3.98. The normalized spacial score (nSPS) is 14.6. The minimum Gasteiger partial charge on any atom is -0.480 e. The Hall–Kier alpha value is -2.70. The fourth-order valence-electron chi connectivity index (χ4n) is 3.25. The number of para-hydroxylation sites is 1. The summed E-state index contributed by atoms with van der Waals surface area (Å²) in [5.74, 6) is -2.37. The van der Waals surface area contributed by atoms with E-state index in [1.807, 2.05) is 30.5 Å². The van der Waals surface area contributed by atoms with Gasteiger partial charge in [0.15, 0.2) is 0 Å². The van der Waals surface area contributed by atoms with Crippen molar-refractivity contribution in [1.29, 1.82) is 0 Å². The number of carbonyl (C=O) groups is 4. The highest BCUT2D eigenvalue weighted by Crippen LogP contribution is 2.19. The molecule has 1 aromatic heterocycles. The lowest BCUT2D eigenvalue weighted by Crippen LogP contribution is -2.57. The molecule has 2 rings (SSSR count). The van der Waals surface area contributed by atoms with Crippen LogP contribution in [0, 0.1) is 0 Å². The van der Waals surface area contributed by atoms with Crippen molar-refractivity contribution in [1.82, 2.24) is 20.9 Å². The summed E-state index contributed by atoms with van der Waals surface area (Å²) in [7, 11) is 0. The van der Waals surface area contributed by atoms with Gasteiger partial charge in [-0.25, -0.2) is 4.79 Å². The summed E-state index contributed by atoms with van der Waals surface area (Å²) < 4.78 is 0. The van der Waals surface area contributed by atoms with E-state index in [4.69, 9.17) is 5.73 Å². The van der Waals surface area contributed by atoms with Gasteiger partial charge in [0, 0.05) is 29.3 Å². The van der Waals surface area contributed by atoms with Crippen molar-refractivity contribution in [2.24, 2.45) is 5.73 Å². The quantitative estimate of drug-likeness (QED) is 0.190. The van der Waals surface area contributed by atoms with Gasteiger partial charge in [-0.1, -0.05) is 18.2 Å². The third kappa shape index (κ3) is 7.67. The number of hydrogen-bond donors (Lipinski definition) is 7. The predicted molar refractivity (Wildman–Crippen MR) is 136 cm³/mol. The molecule has 1 heterocycles. The van der Waals surface area contributed by atoms with Gasteiger partial charge in [-0.2, -0.15) is 24.4 Å². The number of carboxylic acids is 1. The zero-order valence-corrected chi connectivity index (χ0v) is 20.7. The lowest BCUT2D eigenvalue weighted by Gasteiger charge is -2.23. The van der Waals surface area contributed by atoms with Crippen molar-refractivity contribution in [2.75, 3.05) is 17.8 Å². The third-order valence-corrected chi connectivity index (χ3v) is 6.26. The standard InChI is InChI=1S/C22H31N5O5S2/c1-12(25-20(29)15(23)7-8-34-2)19(28)26-17(21(30)27-18(11-33)22(31)32)9-13-10-24-16-6-4-3-5-14(13)16/h3-6,10,12,15,17-18,24,33H,7-9,11,23H2,1-2H3,(H,25,29)(H,26,28)(H,27,30)(H,31,32). The molecule has 0 aliphatic heterocycles. The highest BCUT2D eigenvalue weighted by molar-refractivity contribution is 7.98. The number of aromatic nitrogens is 1. The molecule has 3 amide bonds. The molecule has 0 spiro atoms. The summed E-state index contributed by atoms with van der Waals surface area (Å²) in [6.45, 7) is 1.49. The lowest BCUT2D eigenvalue weighted by atomic mass is 10.0. The summed E-state index contributed by atoms with van der Waals surface area (Å²) in [5, 5.41) is 17.7. The van der Waals surface area contributed by atoms with E-state index >= 15 is 0 Å². The number of fused-ring (bicyclic) bond motifs is 1. The molecule has 0 radical (unpaired) electrons. The molecular weight excluding hydrogens is 478 g/mol. The summed E-state index contributed by atoms with van der Waals surface area (Å²) >= 11 is 5.53. The smallest absolute Gasteiger partial charge is 0.327 e. The summed E-state index contributed by atoms with van der Waals surface area (Å²) in [6.07, 6.45) is 4.21. The average Bonchev–Trinajstić information content (AvgIpc) is 3.22. The van der Waals surface area contributed by atoms with Gasteiger partial charge in [0.1, 0.15) is 18.1 Å². The number of carboxylic acid groups (broad SMARTS) is 1. The van der Waals surface area contributed by atoms with E-state index in [0.29, 0.717) is 12.2 Å². The molecular formula is C22H31N5O5S2. The van der Waals surface area contributed by atoms with Crippen LogP contribution in [0.25, 0.3) is 10.9 Å². The van der Waals surface area contributed by atoms with Crippen LogP contribution in [0.5, 0.6) is 0 Å². The Kier molecular flexibility index (Phi) is 10.7. The molecule has 186 valence electrons. The second-order valence-electron chi connectivity index (χ2n) is 7.83. The van der Waals surface area contributed by atoms with E-state index in [1.54, 1.807) is 18.0 Å². The molecule has 4 atom stereocenters. The molecule has 2 aromatic rings. The van der Waals surface area contributed by atoms with Crippen molar-refractivity contribution < 1.29 is 24.3 Å². The molecule has 0 aliphatic carbocycles. The Morgan fingerprint density at radius 3 is 2.41 bits per heavy atom. The van der Waals surface area contributed by atoms with Crippen LogP contribution < -0.4 is 21.7 Å². The SMILES string of the molecule is CSCCC(N)C(=O)NC(C)C(=O)NC(Cc1c[nH]c2ccccc12)C(=O)NC(CS)C(=O)O. The van der Waals surface area contributed by atoms with Gasteiger partial charge in [-0.05, 0) is 37.0 Å². The van der Waals surface area contributed by atoms with E-state index in [0.717, 1.165) is 16.5 Å². The number of aromatic amines is 1.